The number of ketones is 1. The molecule has 3 heteroatoms. The van der Waals surface area contributed by atoms with Gasteiger partial charge in [-0.2, -0.15) is 0 Å². The third-order valence-electron chi connectivity index (χ3n) is 13.1. The van der Waals surface area contributed by atoms with Crippen LogP contribution in [0.2, 0.25) is 0 Å². The van der Waals surface area contributed by atoms with Crippen LogP contribution in [-0.4, -0.2) is 18.9 Å². The van der Waals surface area contributed by atoms with Crippen LogP contribution in [0.15, 0.2) is 0 Å². The van der Waals surface area contributed by atoms with Crippen molar-refractivity contribution in [3.05, 3.63) is 0 Å². The molecule has 5 saturated carbocycles. The molecular formula is C30H48O3. The molecule has 0 bridgehead atoms. The van der Waals surface area contributed by atoms with Gasteiger partial charge < -0.3 is 4.74 Å². The molecule has 0 aromatic carbocycles. The van der Waals surface area contributed by atoms with Crippen LogP contribution in [0.4, 0.5) is 0 Å². The highest BCUT2D eigenvalue weighted by atomic mass is 16.5. The Morgan fingerprint density at radius 1 is 0.909 bits per heavy atom. The van der Waals surface area contributed by atoms with Gasteiger partial charge in [0, 0.05) is 11.8 Å². The molecule has 5 aliphatic rings. The minimum atomic E-state index is -0.256. The van der Waals surface area contributed by atoms with Gasteiger partial charge in [-0.25, -0.2) is 0 Å². The molecule has 0 radical (unpaired) electrons. The number of esters is 1. The van der Waals surface area contributed by atoms with Crippen molar-refractivity contribution >= 4 is 11.8 Å². The van der Waals surface area contributed by atoms with E-state index in [0.717, 1.165) is 32.1 Å². The third-order valence-corrected chi connectivity index (χ3v) is 13.1. The minimum Gasteiger partial charge on any atom is -0.469 e. The first-order chi connectivity index (χ1) is 15.5. The summed E-state index contributed by atoms with van der Waals surface area (Å²) in [5, 5.41) is 0. The molecule has 33 heavy (non-hydrogen) atoms. The summed E-state index contributed by atoms with van der Waals surface area (Å²) in [4.78, 5) is 26.6. The number of methoxy groups -OCH3 is 1. The van der Waals surface area contributed by atoms with Crippen LogP contribution in [0.25, 0.3) is 0 Å². The van der Waals surface area contributed by atoms with Gasteiger partial charge in [-0.05, 0) is 110 Å². The third kappa shape index (κ3) is 2.86. The van der Waals surface area contributed by atoms with E-state index in [9.17, 15) is 9.59 Å². The average molecular weight is 457 g/mol. The number of rotatable bonds is 2. The lowest BCUT2D eigenvalue weighted by molar-refractivity contribution is -0.228. The molecule has 5 fully saturated rings. The van der Waals surface area contributed by atoms with E-state index < -0.39 is 0 Å². The molecule has 0 saturated heterocycles. The van der Waals surface area contributed by atoms with Gasteiger partial charge in [0.2, 0.25) is 0 Å². The first-order valence-electron chi connectivity index (χ1n) is 14.1. The standard InChI is InChI=1S/C30H48O3/c1-18(2)20-11-15-30(26(32)33-7)17-16-28(5)21(24(20)30)8-9-23-27(4)13-10-19(3)25(31)22(27)12-14-29(23,28)6/h18-24H,8-17H2,1-7H3. The summed E-state index contributed by atoms with van der Waals surface area (Å²) in [5.41, 5.74) is 0.410. The van der Waals surface area contributed by atoms with E-state index in [0.29, 0.717) is 35.4 Å². The van der Waals surface area contributed by atoms with Gasteiger partial charge in [-0.15, -0.1) is 0 Å². The predicted molar refractivity (Wildman–Crippen MR) is 131 cm³/mol. The van der Waals surface area contributed by atoms with Crippen molar-refractivity contribution in [3.63, 3.8) is 0 Å². The predicted octanol–water partition coefficient (Wildman–Crippen LogP) is 7.08. The maximum atomic E-state index is 13.3. The zero-order valence-corrected chi connectivity index (χ0v) is 22.3. The lowest BCUT2D eigenvalue weighted by Gasteiger charge is -2.71. The maximum Gasteiger partial charge on any atom is 0.312 e. The Kier molecular flexibility index (Phi) is 5.47. The fraction of sp³-hybridized carbons (Fsp3) is 0.933. The first kappa shape index (κ1) is 23.9. The maximum absolute atomic E-state index is 13.3. The zero-order valence-electron chi connectivity index (χ0n) is 22.3. The molecule has 0 amide bonds. The summed E-state index contributed by atoms with van der Waals surface area (Å²) >= 11 is 0. The highest BCUT2D eigenvalue weighted by Gasteiger charge is 2.71. The van der Waals surface area contributed by atoms with Crippen LogP contribution in [0.1, 0.15) is 106 Å². The second-order valence-electron chi connectivity index (χ2n) is 14.1. The van der Waals surface area contributed by atoms with Crippen molar-refractivity contribution in [2.75, 3.05) is 7.11 Å². The highest BCUT2D eigenvalue weighted by molar-refractivity contribution is 5.85. The van der Waals surface area contributed by atoms with Crippen molar-refractivity contribution in [2.24, 2.45) is 63.1 Å². The summed E-state index contributed by atoms with van der Waals surface area (Å²) < 4.78 is 5.50. The van der Waals surface area contributed by atoms with E-state index in [1.54, 1.807) is 7.11 Å². The molecule has 0 aromatic rings. The minimum absolute atomic E-state index is 0.0764. The summed E-state index contributed by atoms with van der Waals surface area (Å²) in [6.07, 6.45) is 11.4. The average Bonchev–Trinajstić information content (AvgIpc) is 3.18. The van der Waals surface area contributed by atoms with E-state index in [-0.39, 0.29) is 39.5 Å². The van der Waals surface area contributed by atoms with Crippen LogP contribution < -0.4 is 0 Å². The first-order valence-corrected chi connectivity index (χ1v) is 14.1. The van der Waals surface area contributed by atoms with Gasteiger partial charge in [0.05, 0.1) is 12.5 Å². The lowest BCUT2D eigenvalue weighted by Crippen LogP contribution is -2.66. The van der Waals surface area contributed by atoms with Crippen molar-refractivity contribution in [1.82, 2.24) is 0 Å². The van der Waals surface area contributed by atoms with Crippen molar-refractivity contribution in [2.45, 2.75) is 106 Å². The fourth-order valence-corrected chi connectivity index (χ4v) is 11.1. The molecule has 186 valence electrons. The summed E-state index contributed by atoms with van der Waals surface area (Å²) in [7, 11) is 1.60. The molecular weight excluding hydrogens is 408 g/mol. The molecule has 0 spiro atoms. The fourth-order valence-electron chi connectivity index (χ4n) is 11.1. The van der Waals surface area contributed by atoms with E-state index in [1.807, 2.05) is 0 Å². The summed E-state index contributed by atoms with van der Waals surface area (Å²) in [5.74, 6) is 4.07. The Hall–Kier alpha value is -0.860. The topological polar surface area (TPSA) is 43.4 Å². The Morgan fingerprint density at radius 3 is 2.30 bits per heavy atom. The molecule has 0 heterocycles. The number of fused-ring (bicyclic) bond motifs is 7. The number of carbonyl (C=O) groups is 2. The largest absolute Gasteiger partial charge is 0.469 e. The molecule has 0 aliphatic heterocycles. The van der Waals surface area contributed by atoms with Crippen molar-refractivity contribution in [1.29, 1.82) is 0 Å². The second-order valence-corrected chi connectivity index (χ2v) is 14.1. The zero-order chi connectivity index (χ0) is 24.0. The van der Waals surface area contributed by atoms with E-state index >= 15 is 0 Å². The number of carbonyl (C=O) groups excluding carboxylic acids is 2. The Balaban J connectivity index is 1.55. The van der Waals surface area contributed by atoms with Gasteiger partial charge in [-0.3, -0.25) is 9.59 Å². The molecule has 0 N–H and O–H groups in total. The van der Waals surface area contributed by atoms with Crippen LogP contribution >= 0.6 is 0 Å². The van der Waals surface area contributed by atoms with Crippen molar-refractivity contribution < 1.29 is 14.3 Å². The van der Waals surface area contributed by atoms with E-state index in [1.165, 1.54) is 32.1 Å². The van der Waals surface area contributed by atoms with Gasteiger partial charge in [-0.1, -0.05) is 41.5 Å². The second kappa shape index (κ2) is 7.57. The highest BCUT2D eigenvalue weighted by Crippen LogP contribution is 2.76. The van der Waals surface area contributed by atoms with E-state index in [4.69, 9.17) is 4.74 Å². The van der Waals surface area contributed by atoms with E-state index in [2.05, 4.69) is 41.5 Å². The van der Waals surface area contributed by atoms with Gasteiger partial charge in [0.25, 0.3) is 0 Å². The molecule has 5 aliphatic carbocycles. The molecule has 10 atom stereocenters. The number of hydrogen-bond donors (Lipinski definition) is 0. The van der Waals surface area contributed by atoms with Gasteiger partial charge in [0.15, 0.2) is 0 Å². The number of hydrogen-bond acceptors (Lipinski definition) is 3. The summed E-state index contributed by atoms with van der Waals surface area (Å²) in [6.45, 7) is 14.6. The summed E-state index contributed by atoms with van der Waals surface area (Å²) in [6, 6.07) is 0. The van der Waals surface area contributed by atoms with Crippen LogP contribution in [0.5, 0.6) is 0 Å². The molecule has 5 rings (SSSR count). The van der Waals surface area contributed by atoms with Crippen molar-refractivity contribution in [3.8, 4) is 0 Å². The normalized spacial score (nSPS) is 53.6. The molecule has 10 unspecified atom stereocenters. The van der Waals surface area contributed by atoms with Crippen LogP contribution in [0.3, 0.4) is 0 Å². The van der Waals surface area contributed by atoms with Gasteiger partial charge in [0.1, 0.15) is 5.78 Å². The van der Waals surface area contributed by atoms with Gasteiger partial charge >= 0.3 is 5.97 Å². The monoisotopic (exact) mass is 456 g/mol. The Morgan fingerprint density at radius 2 is 1.64 bits per heavy atom. The molecule has 0 aromatic heterocycles. The van der Waals surface area contributed by atoms with Crippen LogP contribution in [0, 0.1) is 63.1 Å². The Bertz CT molecular complexity index is 832. The number of ether oxygens (including phenoxy) is 1. The molecule has 3 nitrogen and oxygen atoms in total. The Labute approximate surface area is 202 Å². The lowest BCUT2D eigenvalue weighted by atomic mass is 9.33. The SMILES string of the molecule is COC(=O)C12CCC(C(C)C)C1C1CCC3C4(C)CCC(C)C(=O)C4CCC3(C)C1(C)CC2. The quantitative estimate of drug-likeness (QED) is 0.417. The van der Waals surface area contributed by atoms with Crippen LogP contribution in [-0.2, 0) is 14.3 Å². The smallest absolute Gasteiger partial charge is 0.312 e. The number of Topliss-reactive ketones (excluding diaryl/α,β-unsaturated/α-hetero) is 1.